The smallest absolute Gasteiger partial charge is 0.172 e. The number of nitrogens with zero attached hydrogens (tertiary/aromatic N) is 1. The molecule has 11 aromatic rings. The summed E-state index contributed by atoms with van der Waals surface area (Å²) < 4.78 is 35.1. The van der Waals surface area contributed by atoms with Crippen molar-refractivity contribution in [3.05, 3.63) is 188 Å². The molecule has 13 rings (SSSR count). The molecule has 57 heavy (non-hydrogen) atoms. The number of rotatable bonds is 3. The first-order valence-corrected chi connectivity index (χ1v) is 22.8. The maximum absolute atomic E-state index is 16.5. The Balaban J connectivity index is 1.06. The maximum Gasteiger partial charge on any atom is 0.172 e. The average Bonchev–Trinajstić information content (AvgIpc) is 3.85. The lowest BCUT2D eigenvalue weighted by Gasteiger charge is -2.24. The summed E-state index contributed by atoms with van der Waals surface area (Å²) in [7, 11) is -6.79. The predicted molar refractivity (Wildman–Crippen MR) is 242 cm³/mol. The van der Waals surface area contributed by atoms with Crippen LogP contribution in [0.15, 0.2) is 188 Å². The largest absolute Gasteiger partial charge is 0.309 e. The van der Waals surface area contributed by atoms with Crippen molar-refractivity contribution in [2.24, 2.45) is 0 Å². The van der Waals surface area contributed by atoms with Crippen LogP contribution in [0.4, 0.5) is 0 Å². The van der Waals surface area contributed by atoms with Gasteiger partial charge in [0.05, 0.1) is 11.0 Å². The molecule has 0 saturated carbocycles. The Labute approximate surface area is 328 Å². The van der Waals surface area contributed by atoms with Gasteiger partial charge in [-0.15, -0.1) is 0 Å². The summed E-state index contributed by atoms with van der Waals surface area (Å²) in [5, 5.41) is 15.8. The maximum atomic E-state index is 16.5. The number of benzene rings is 10. The van der Waals surface area contributed by atoms with E-state index in [1.807, 2.05) is 48.5 Å². The van der Waals surface area contributed by atoms with Crippen LogP contribution >= 0.6 is 14.3 Å². The van der Waals surface area contributed by atoms with E-state index in [0.29, 0.717) is 0 Å². The fourth-order valence-electron chi connectivity index (χ4n) is 10.4. The van der Waals surface area contributed by atoms with Crippen LogP contribution in [0, 0.1) is 0 Å². The van der Waals surface area contributed by atoms with Gasteiger partial charge in [-0.3, -0.25) is 0 Å². The third kappa shape index (κ3) is 3.89. The molecule has 2 aliphatic heterocycles. The molecule has 0 fully saturated rings. The number of para-hydroxylation sites is 2. The molecule has 3 heterocycles. The van der Waals surface area contributed by atoms with E-state index >= 15 is 9.13 Å². The monoisotopic (exact) mass is 763 g/mol. The summed E-state index contributed by atoms with van der Waals surface area (Å²) >= 11 is 0. The highest BCUT2D eigenvalue weighted by molar-refractivity contribution is 7.90. The molecule has 2 aliphatic rings. The van der Waals surface area contributed by atoms with Gasteiger partial charge >= 0.3 is 0 Å². The highest BCUT2D eigenvalue weighted by atomic mass is 31.2. The van der Waals surface area contributed by atoms with Gasteiger partial charge in [0.15, 0.2) is 14.3 Å². The molecule has 0 amide bonds. The fraction of sp³-hybridized carbons (Fsp3) is 0. The molecule has 0 spiro atoms. The minimum atomic E-state index is -3.42. The van der Waals surface area contributed by atoms with Crippen LogP contribution in [0.25, 0.3) is 81.7 Å². The second-order valence-electron chi connectivity index (χ2n) is 15.4. The third-order valence-corrected chi connectivity index (χ3v) is 19.0. The molecule has 5 heteroatoms. The quantitative estimate of drug-likeness (QED) is 0.133. The van der Waals surface area contributed by atoms with Gasteiger partial charge in [-0.25, -0.2) is 0 Å². The molecule has 1 aromatic heterocycles. The van der Waals surface area contributed by atoms with Crippen molar-refractivity contribution in [1.29, 1.82) is 0 Å². The lowest BCUT2D eigenvalue weighted by molar-refractivity contribution is 0.593. The molecule has 0 atom stereocenters. The zero-order valence-corrected chi connectivity index (χ0v) is 32.3. The van der Waals surface area contributed by atoms with Gasteiger partial charge in [-0.05, 0) is 79.5 Å². The molecule has 0 bridgehead atoms. The first-order chi connectivity index (χ1) is 28.0. The zero-order valence-electron chi connectivity index (χ0n) is 30.6. The summed E-state index contributed by atoms with van der Waals surface area (Å²) in [5.41, 5.74) is 5.22. The third-order valence-electron chi connectivity index (χ3n) is 12.7. The van der Waals surface area contributed by atoms with E-state index in [0.717, 1.165) is 103 Å². The molecule has 0 radical (unpaired) electrons. The number of aromatic nitrogens is 1. The van der Waals surface area contributed by atoms with Crippen LogP contribution < -0.4 is 31.8 Å². The SMILES string of the molecule is O=P1(c2cc3ccccc3c3ccccc23)c2cccc3c2-c2c1cccc2P3(=O)c1cc2ccc(-n3c4ccccc4c4ccccc43)cc2c2ccccc12. The van der Waals surface area contributed by atoms with E-state index in [1.54, 1.807) is 0 Å². The Morgan fingerprint density at radius 3 is 1.23 bits per heavy atom. The van der Waals surface area contributed by atoms with Crippen molar-refractivity contribution in [3.63, 3.8) is 0 Å². The van der Waals surface area contributed by atoms with Crippen molar-refractivity contribution in [2.75, 3.05) is 0 Å². The normalized spacial score (nSPS) is 14.7. The van der Waals surface area contributed by atoms with Crippen LogP contribution in [0.1, 0.15) is 0 Å². The fourth-order valence-corrected chi connectivity index (χ4v) is 17.2. The number of hydrogen-bond donors (Lipinski definition) is 0. The molecule has 10 aromatic carbocycles. The van der Waals surface area contributed by atoms with Crippen LogP contribution in [-0.4, -0.2) is 4.57 Å². The summed E-state index contributed by atoms with van der Waals surface area (Å²) in [6, 6.07) is 65.3. The molecule has 0 N–H and O–H groups in total. The Bertz CT molecular complexity index is 3610. The average molecular weight is 764 g/mol. The van der Waals surface area contributed by atoms with Crippen LogP contribution in [0.2, 0.25) is 0 Å². The lowest BCUT2D eigenvalue weighted by atomic mass is 10.0. The lowest BCUT2D eigenvalue weighted by Crippen LogP contribution is -2.28. The van der Waals surface area contributed by atoms with Gasteiger partial charge in [0, 0.05) is 59.4 Å². The van der Waals surface area contributed by atoms with Crippen molar-refractivity contribution in [3.8, 4) is 16.8 Å². The second-order valence-corrected chi connectivity index (χ2v) is 20.8. The second kappa shape index (κ2) is 11.1. The Morgan fingerprint density at radius 2 is 0.702 bits per heavy atom. The highest BCUT2D eigenvalue weighted by Gasteiger charge is 2.52. The van der Waals surface area contributed by atoms with E-state index in [4.69, 9.17) is 0 Å². The van der Waals surface area contributed by atoms with Gasteiger partial charge < -0.3 is 13.7 Å². The predicted octanol–water partition coefficient (Wildman–Crippen LogP) is 11.0. The molecule has 0 saturated heterocycles. The van der Waals surface area contributed by atoms with E-state index in [-0.39, 0.29) is 0 Å². The summed E-state index contributed by atoms with van der Waals surface area (Å²) in [5.74, 6) is 0. The standard InChI is InChI=1S/C52H31NO2P2/c54-56(49-29-32-13-1-2-14-35(32)36-15-3-5-19-40(36)49)45-23-11-25-47-51(45)52-46(56)24-12-26-48(52)57(47,55)50-30-33-27-28-34(31-42(33)37-16-4-6-20-41(37)50)53-43-21-9-7-17-38(43)39-18-8-10-22-44(39)53/h1-31H. The Kier molecular flexibility index (Phi) is 6.16. The molecule has 0 unspecified atom stereocenters. The van der Waals surface area contributed by atoms with Gasteiger partial charge in [-0.2, -0.15) is 0 Å². The van der Waals surface area contributed by atoms with Gasteiger partial charge in [0.25, 0.3) is 0 Å². The van der Waals surface area contributed by atoms with Crippen LogP contribution in [0.5, 0.6) is 0 Å². The van der Waals surface area contributed by atoms with Crippen molar-refractivity contribution < 1.29 is 9.13 Å². The first kappa shape index (κ1) is 31.7. The topological polar surface area (TPSA) is 39.1 Å². The number of hydrogen-bond acceptors (Lipinski definition) is 2. The highest BCUT2D eigenvalue weighted by Crippen LogP contribution is 2.62. The molecular formula is C52H31NO2P2. The number of fused-ring (bicyclic) bond motifs is 9. The van der Waals surface area contributed by atoms with Gasteiger partial charge in [0.2, 0.25) is 0 Å². The van der Waals surface area contributed by atoms with Crippen molar-refractivity contribution >= 4 is 111 Å². The van der Waals surface area contributed by atoms with E-state index < -0.39 is 14.3 Å². The molecular weight excluding hydrogens is 733 g/mol. The summed E-state index contributed by atoms with van der Waals surface area (Å²) in [6.07, 6.45) is 0. The summed E-state index contributed by atoms with van der Waals surface area (Å²) in [6.45, 7) is 0. The molecule has 0 aliphatic carbocycles. The van der Waals surface area contributed by atoms with Crippen molar-refractivity contribution in [2.45, 2.75) is 0 Å². The summed E-state index contributed by atoms with van der Waals surface area (Å²) in [4.78, 5) is 0. The first-order valence-electron chi connectivity index (χ1n) is 19.4. The zero-order chi connectivity index (χ0) is 37.6. The van der Waals surface area contributed by atoms with E-state index in [9.17, 15) is 0 Å². The molecule has 3 nitrogen and oxygen atoms in total. The van der Waals surface area contributed by atoms with E-state index in [2.05, 4.69) is 144 Å². The van der Waals surface area contributed by atoms with Gasteiger partial charge in [0.1, 0.15) is 0 Å². The minimum Gasteiger partial charge on any atom is -0.309 e. The molecule has 266 valence electrons. The van der Waals surface area contributed by atoms with Crippen LogP contribution in [0.3, 0.4) is 0 Å². The van der Waals surface area contributed by atoms with E-state index in [1.165, 1.54) is 10.8 Å². The Hall–Kier alpha value is -6.50. The van der Waals surface area contributed by atoms with Crippen LogP contribution in [-0.2, 0) is 9.13 Å². The Morgan fingerprint density at radius 1 is 0.298 bits per heavy atom. The minimum absolute atomic E-state index is 0.789. The van der Waals surface area contributed by atoms with Gasteiger partial charge in [-0.1, -0.05) is 152 Å². The van der Waals surface area contributed by atoms with Crippen molar-refractivity contribution in [1.82, 2.24) is 4.57 Å².